The van der Waals surface area contributed by atoms with Gasteiger partial charge >= 0.3 is 0 Å². The maximum absolute atomic E-state index is 9.68. The SMILES string of the molecule is CBr.CCCCCC=O. The van der Waals surface area contributed by atoms with Gasteiger partial charge in [-0.2, -0.15) is 0 Å². The minimum absolute atomic E-state index is 0.744. The maximum atomic E-state index is 9.68. The van der Waals surface area contributed by atoms with Gasteiger partial charge in [0.2, 0.25) is 0 Å². The highest BCUT2D eigenvalue weighted by Gasteiger charge is 1.80. The van der Waals surface area contributed by atoms with E-state index in [0.717, 1.165) is 19.1 Å². The molecule has 0 saturated carbocycles. The van der Waals surface area contributed by atoms with Gasteiger partial charge in [-0.25, -0.2) is 0 Å². The highest BCUT2D eigenvalue weighted by molar-refractivity contribution is 9.08. The summed E-state index contributed by atoms with van der Waals surface area (Å²) in [6.07, 6.45) is 5.19. The topological polar surface area (TPSA) is 17.1 Å². The second kappa shape index (κ2) is 15.7. The molecule has 0 amide bonds. The van der Waals surface area contributed by atoms with Crippen molar-refractivity contribution in [2.75, 3.05) is 5.83 Å². The lowest BCUT2D eigenvalue weighted by molar-refractivity contribution is -0.107. The Morgan fingerprint density at radius 2 is 1.89 bits per heavy atom. The quantitative estimate of drug-likeness (QED) is 0.383. The van der Waals surface area contributed by atoms with Crippen LogP contribution in [0.3, 0.4) is 0 Å². The number of halogens is 1. The van der Waals surface area contributed by atoms with Crippen LogP contribution in [0.4, 0.5) is 0 Å². The lowest BCUT2D eigenvalue weighted by Crippen LogP contribution is -1.73. The Morgan fingerprint density at radius 1 is 1.33 bits per heavy atom. The minimum Gasteiger partial charge on any atom is -0.303 e. The monoisotopic (exact) mass is 194 g/mol. The van der Waals surface area contributed by atoms with Crippen LogP contribution in [-0.4, -0.2) is 12.1 Å². The van der Waals surface area contributed by atoms with Gasteiger partial charge in [0.05, 0.1) is 0 Å². The number of carbonyl (C=O) groups is 1. The third-order valence-corrected chi connectivity index (χ3v) is 0.926. The number of alkyl halides is 1. The first-order valence-electron chi connectivity index (χ1n) is 3.23. The van der Waals surface area contributed by atoms with Crippen LogP contribution in [0, 0.1) is 0 Å². The van der Waals surface area contributed by atoms with Gasteiger partial charge in [0.1, 0.15) is 6.29 Å². The predicted molar refractivity (Wildman–Crippen MR) is 45.1 cm³/mol. The van der Waals surface area contributed by atoms with Crippen LogP contribution in [0.2, 0.25) is 0 Å². The van der Waals surface area contributed by atoms with Gasteiger partial charge < -0.3 is 4.79 Å². The van der Waals surface area contributed by atoms with E-state index in [0.29, 0.717) is 0 Å². The number of unbranched alkanes of at least 4 members (excludes halogenated alkanes) is 3. The van der Waals surface area contributed by atoms with Crippen molar-refractivity contribution in [2.45, 2.75) is 32.6 Å². The van der Waals surface area contributed by atoms with E-state index in [4.69, 9.17) is 0 Å². The molecular weight excluding hydrogens is 180 g/mol. The van der Waals surface area contributed by atoms with E-state index < -0.39 is 0 Å². The minimum atomic E-state index is 0.744. The van der Waals surface area contributed by atoms with E-state index in [2.05, 4.69) is 22.9 Å². The van der Waals surface area contributed by atoms with Crippen LogP contribution in [-0.2, 0) is 4.79 Å². The largest absolute Gasteiger partial charge is 0.303 e. The molecule has 0 atom stereocenters. The summed E-state index contributed by atoms with van der Waals surface area (Å²) >= 11 is 2.94. The van der Waals surface area contributed by atoms with Gasteiger partial charge in [0.25, 0.3) is 0 Å². The van der Waals surface area contributed by atoms with Crippen molar-refractivity contribution in [3.8, 4) is 0 Å². The summed E-state index contributed by atoms with van der Waals surface area (Å²) in [5, 5.41) is 0. The van der Waals surface area contributed by atoms with Gasteiger partial charge in [0, 0.05) is 6.42 Å². The summed E-state index contributed by atoms with van der Waals surface area (Å²) in [6.45, 7) is 2.13. The molecule has 0 aromatic rings. The molecule has 0 aromatic carbocycles. The molecule has 0 spiro atoms. The van der Waals surface area contributed by atoms with Crippen LogP contribution >= 0.6 is 15.9 Å². The highest BCUT2D eigenvalue weighted by Crippen LogP contribution is 1.94. The lowest BCUT2D eigenvalue weighted by atomic mass is 10.2. The molecule has 0 unspecified atom stereocenters. The molecule has 0 aliphatic heterocycles. The number of hydrogen-bond acceptors (Lipinski definition) is 1. The van der Waals surface area contributed by atoms with Crippen LogP contribution in [0.25, 0.3) is 0 Å². The Bertz CT molecular complexity index is 46.2. The average Bonchev–Trinajstić information content (AvgIpc) is 1.94. The summed E-state index contributed by atoms with van der Waals surface area (Å²) < 4.78 is 0. The van der Waals surface area contributed by atoms with Crippen molar-refractivity contribution in [3.05, 3.63) is 0 Å². The zero-order chi connectivity index (χ0) is 7.54. The molecule has 0 aliphatic rings. The Labute approximate surface area is 66.0 Å². The zero-order valence-corrected chi connectivity index (χ0v) is 7.78. The van der Waals surface area contributed by atoms with Gasteiger partial charge in [-0.05, 0) is 12.3 Å². The Hall–Kier alpha value is 0.150. The third-order valence-electron chi connectivity index (χ3n) is 0.926. The van der Waals surface area contributed by atoms with Crippen molar-refractivity contribution in [2.24, 2.45) is 0 Å². The molecule has 0 saturated heterocycles. The second-order valence-corrected chi connectivity index (χ2v) is 1.66. The Balaban J connectivity index is 0. The van der Waals surface area contributed by atoms with E-state index in [1.165, 1.54) is 12.8 Å². The summed E-state index contributed by atoms with van der Waals surface area (Å²) in [4.78, 5) is 9.68. The zero-order valence-electron chi connectivity index (χ0n) is 6.19. The molecule has 2 heteroatoms. The fourth-order valence-corrected chi connectivity index (χ4v) is 0.478. The summed E-state index contributed by atoms with van der Waals surface area (Å²) in [5.41, 5.74) is 0. The first-order valence-corrected chi connectivity index (χ1v) is 4.82. The number of rotatable bonds is 4. The smallest absolute Gasteiger partial charge is 0.119 e. The number of aldehydes is 1. The molecule has 0 heterocycles. The number of carbonyl (C=O) groups excluding carboxylic acids is 1. The molecule has 0 aliphatic carbocycles. The van der Waals surface area contributed by atoms with Crippen molar-refractivity contribution in [1.82, 2.24) is 0 Å². The van der Waals surface area contributed by atoms with Gasteiger partial charge in [-0.1, -0.05) is 35.7 Å². The van der Waals surface area contributed by atoms with Gasteiger partial charge in [0.15, 0.2) is 0 Å². The Kier molecular flexibility index (Phi) is 20.8. The molecule has 56 valence electrons. The van der Waals surface area contributed by atoms with Crippen molar-refractivity contribution >= 4 is 22.2 Å². The molecule has 0 aromatic heterocycles. The third kappa shape index (κ3) is 17.9. The molecule has 0 radical (unpaired) electrons. The fourth-order valence-electron chi connectivity index (χ4n) is 0.478. The van der Waals surface area contributed by atoms with Crippen LogP contribution < -0.4 is 0 Å². The predicted octanol–water partition coefficient (Wildman–Crippen LogP) is 2.78. The van der Waals surface area contributed by atoms with Crippen LogP contribution in [0.1, 0.15) is 32.6 Å². The summed E-state index contributed by atoms with van der Waals surface area (Å²) in [6, 6.07) is 0. The van der Waals surface area contributed by atoms with Gasteiger partial charge in [-0.15, -0.1) is 0 Å². The molecule has 9 heavy (non-hydrogen) atoms. The molecular formula is C7H15BrO. The van der Waals surface area contributed by atoms with Crippen LogP contribution in [0.15, 0.2) is 0 Å². The first kappa shape index (κ1) is 11.9. The van der Waals surface area contributed by atoms with E-state index in [9.17, 15) is 4.79 Å². The Morgan fingerprint density at radius 3 is 2.22 bits per heavy atom. The van der Waals surface area contributed by atoms with E-state index in [-0.39, 0.29) is 0 Å². The normalized spacial score (nSPS) is 7.44. The summed E-state index contributed by atoms with van der Waals surface area (Å²) in [7, 11) is 0. The molecule has 0 rings (SSSR count). The fraction of sp³-hybridized carbons (Fsp3) is 0.857. The average molecular weight is 195 g/mol. The van der Waals surface area contributed by atoms with E-state index in [1.807, 2.05) is 5.83 Å². The van der Waals surface area contributed by atoms with Crippen molar-refractivity contribution < 1.29 is 4.79 Å². The van der Waals surface area contributed by atoms with E-state index in [1.54, 1.807) is 0 Å². The lowest BCUT2D eigenvalue weighted by Gasteiger charge is -1.85. The molecule has 1 nitrogen and oxygen atoms in total. The van der Waals surface area contributed by atoms with Crippen molar-refractivity contribution in [3.63, 3.8) is 0 Å². The van der Waals surface area contributed by atoms with Crippen LogP contribution in [0.5, 0.6) is 0 Å². The highest BCUT2D eigenvalue weighted by atomic mass is 79.9. The first-order chi connectivity index (χ1) is 4.41. The molecule has 0 fully saturated rings. The second-order valence-electron chi connectivity index (χ2n) is 1.66. The number of hydrogen-bond donors (Lipinski definition) is 0. The molecule has 0 bridgehead atoms. The standard InChI is InChI=1S/C6H12O.CH3Br/c1-2-3-4-5-6-7;1-2/h6H,2-5H2,1H3;1H3. The maximum Gasteiger partial charge on any atom is 0.119 e. The van der Waals surface area contributed by atoms with Crippen molar-refractivity contribution in [1.29, 1.82) is 0 Å². The van der Waals surface area contributed by atoms with Gasteiger partial charge in [-0.3, -0.25) is 0 Å². The summed E-state index contributed by atoms with van der Waals surface area (Å²) in [5.74, 6) is 1.81. The molecule has 0 N–H and O–H groups in total. The van der Waals surface area contributed by atoms with E-state index >= 15 is 0 Å².